The summed E-state index contributed by atoms with van der Waals surface area (Å²) in [5.41, 5.74) is 13.1. The molecule has 0 radical (unpaired) electrons. The average Bonchev–Trinajstić information content (AvgIpc) is 3.26. The normalized spacial score (nSPS) is 16.0. The minimum Gasteiger partial charge on any atom is -0.497 e. The molecular weight excluding hydrogens is 829 g/mol. The van der Waals surface area contributed by atoms with Crippen molar-refractivity contribution in [2.45, 2.75) is 82.8 Å². The summed E-state index contributed by atoms with van der Waals surface area (Å²) in [4.78, 5) is 83.8. The number of nitrogens with one attached hydrogen (secondary N) is 6. The van der Waals surface area contributed by atoms with Crippen LogP contribution in [0.3, 0.4) is 0 Å². The standard InChI is InChI=1S/C44H56N10O10/c1-27(63-44(60)64-34-7-4-3-5-8-34)62-37(55)26-53-23-24-54(36(41(53)59)9-6-22-49-38(56)29-12-16-31(17-13-29)50-42(45)46)40(58)35(25-28-10-20-33(61-2)21-11-28)52-39(57)30-14-18-32(19-15-30)51-43(47)48/h10-21,27,34-36H,3-9,22-26H2,1-2H3,(H,49,56)(H,52,57)(H4,45,46,50)(H4,47,48,51)/t27?,35-,36-/m0/s1. The van der Waals surface area contributed by atoms with Gasteiger partial charge in [0.15, 0.2) is 11.9 Å². The first-order chi connectivity index (χ1) is 30.7. The zero-order chi connectivity index (χ0) is 46.2. The molecule has 1 saturated heterocycles. The van der Waals surface area contributed by atoms with Crippen LogP contribution in [0.15, 0.2) is 72.8 Å². The third kappa shape index (κ3) is 14.3. The molecular formula is C44H56N10O10. The molecule has 0 bridgehead atoms. The molecule has 5 rings (SSSR count). The molecule has 1 aliphatic heterocycles. The highest BCUT2D eigenvalue weighted by Gasteiger charge is 2.41. The van der Waals surface area contributed by atoms with Crippen molar-refractivity contribution in [1.29, 1.82) is 10.8 Å². The summed E-state index contributed by atoms with van der Waals surface area (Å²) >= 11 is 0. The molecule has 3 atom stereocenters. The molecule has 64 heavy (non-hydrogen) atoms. The van der Waals surface area contributed by atoms with Crippen molar-refractivity contribution in [3.05, 3.63) is 89.5 Å². The number of benzene rings is 3. The molecule has 342 valence electrons. The van der Waals surface area contributed by atoms with Crippen molar-refractivity contribution in [3.8, 4) is 5.75 Å². The third-order valence-corrected chi connectivity index (χ3v) is 10.6. The maximum absolute atomic E-state index is 14.7. The first-order valence-corrected chi connectivity index (χ1v) is 21.0. The number of nitrogens with two attached hydrogens (primary N) is 2. The third-order valence-electron chi connectivity index (χ3n) is 10.6. The van der Waals surface area contributed by atoms with Gasteiger partial charge in [0.05, 0.1) is 7.11 Å². The van der Waals surface area contributed by atoms with Crippen LogP contribution < -0.4 is 37.5 Å². The Morgan fingerprint density at radius 2 is 1.39 bits per heavy atom. The number of rotatable bonds is 18. The Morgan fingerprint density at radius 1 is 0.797 bits per heavy atom. The minimum absolute atomic E-state index is 0.0182. The molecule has 3 aromatic carbocycles. The molecule has 1 saturated carbocycles. The van der Waals surface area contributed by atoms with Gasteiger partial charge in [-0.05, 0) is 105 Å². The largest absolute Gasteiger partial charge is 0.511 e. The van der Waals surface area contributed by atoms with E-state index in [2.05, 4.69) is 21.3 Å². The number of hydrogen-bond acceptors (Lipinski definition) is 12. The molecule has 2 aliphatic rings. The summed E-state index contributed by atoms with van der Waals surface area (Å²) in [6, 6.07) is 17.1. The van der Waals surface area contributed by atoms with Crippen LogP contribution in [-0.4, -0.2) is 115 Å². The second-order valence-electron chi connectivity index (χ2n) is 15.3. The number of hydrogen-bond donors (Lipinski definition) is 8. The van der Waals surface area contributed by atoms with E-state index < -0.39 is 60.7 Å². The van der Waals surface area contributed by atoms with Crippen molar-refractivity contribution in [1.82, 2.24) is 20.4 Å². The van der Waals surface area contributed by atoms with Gasteiger partial charge in [0.1, 0.15) is 30.5 Å². The van der Waals surface area contributed by atoms with Crippen LogP contribution in [0.1, 0.15) is 78.1 Å². The number of nitrogens with zero attached hydrogens (tertiary/aromatic N) is 2. The Labute approximate surface area is 370 Å². The van der Waals surface area contributed by atoms with E-state index >= 15 is 0 Å². The van der Waals surface area contributed by atoms with E-state index in [1.165, 1.54) is 36.0 Å². The molecule has 10 N–H and O–H groups in total. The van der Waals surface area contributed by atoms with Crippen LogP contribution in [0.4, 0.5) is 16.2 Å². The van der Waals surface area contributed by atoms with Crippen LogP contribution >= 0.6 is 0 Å². The van der Waals surface area contributed by atoms with Crippen molar-refractivity contribution < 1.29 is 47.7 Å². The molecule has 3 aromatic rings. The summed E-state index contributed by atoms with van der Waals surface area (Å²) in [7, 11) is 1.52. The van der Waals surface area contributed by atoms with Crippen molar-refractivity contribution in [2.24, 2.45) is 11.5 Å². The topological polar surface area (TPSA) is 294 Å². The molecule has 0 aromatic heterocycles. The number of carbonyl (C=O) groups is 6. The van der Waals surface area contributed by atoms with E-state index in [-0.39, 0.29) is 62.5 Å². The van der Waals surface area contributed by atoms with Crippen LogP contribution in [0.25, 0.3) is 0 Å². The lowest BCUT2D eigenvalue weighted by atomic mass is 9.98. The van der Waals surface area contributed by atoms with Crippen LogP contribution in [-0.2, 0) is 35.0 Å². The molecule has 1 aliphatic carbocycles. The predicted molar refractivity (Wildman–Crippen MR) is 236 cm³/mol. The first-order valence-electron chi connectivity index (χ1n) is 21.0. The van der Waals surface area contributed by atoms with Crippen molar-refractivity contribution in [3.63, 3.8) is 0 Å². The highest BCUT2D eigenvalue weighted by atomic mass is 16.8. The van der Waals surface area contributed by atoms with Crippen molar-refractivity contribution in [2.75, 3.05) is 43.9 Å². The molecule has 20 nitrogen and oxygen atoms in total. The highest BCUT2D eigenvalue weighted by molar-refractivity contribution is 6.00. The number of esters is 1. The van der Waals surface area contributed by atoms with E-state index in [0.717, 1.165) is 32.1 Å². The van der Waals surface area contributed by atoms with Crippen LogP contribution in [0, 0.1) is 10.8 Å². The second kappa shape index (κ2) is 23.2. The van der Waals surface area contributed by atoms with E-state index in [1.807, 2.05) is 0 Å². The van der Waals surface area contributed by atoms with E-state index in [0.29, 0.717) is 28.3 Å². The van der Waals surface area contributed by atoms with Crippen molar-refractivity contribution >= 4 is 59.0 Å². The molecule has 0 spiro atoms. The monoisotopic (exact) mass is 884 g/mol. The quantitative estimate of drug-likeness (QED) is 0.0299. The zero-order valence-electron chi connectivity index (χ0n) is 35.9. The molecule has 1 unspecified atom stereocenters. The SMILES string of the molecule is COc1ccc(C[C@H](NC(=O)c2ccc(NC(=N)N)cc2)C(=O)N2CCN(CC(=O)OC(C)OC(=O)OC3CCCCC3)C(=O)[C@@H]2CCCNC(=O)c2ccc(NC(=N)N)cc2)cc1. The minimum atomic E-state index is -1.30. The lowest BCUT2D eigenvalue weighted by Crippen LogP contribution is -2.63. The van der Waals surface area contributed by atoms with E-state index in [1.54, 1.807) is 60.7 Å². The van der Waals surface area contributed by atoms with Gasteiger partial charge >= 0.3 is 12.1 Å². The number of methoxy groups -OCH3 is 1. The molecule has 20 heteroatoms. The Kier molecular flexibility index (Phi) is 17.3. The number of amides is 4. The lowest BCUT2D eigenvalue weighted by molar-refractivity contribution is -0.173. The number of ether oxygens (including phenoxy) is 4. The fraction of sp³-hybridized carbons (Fsp3) is 0.409. The van der Waals surface area contributed by atoms with Gasteiger partial charge in [-0.2, -0.15) is 0 Å². The van der Waals surface area contributed by atoms with Gasteiger partial charge in [0.25, 0.3) is 11.8 Å². The predicted octanol–water partition coefficient (Wildman–Crippen LogP) is 3.27. The van der Waals surface area contributed by atoms with Gasteiger partial charge in [-0.1, -0.05) is 18.6 Å². The average molecular weight is 885 g/mol. The maximum atomic E-state index is 14.7. The Bertz CT molecular complexity index is 2130. The smallest absolute Gasteiger partial charge is 0.497 e. The van der Waals surface area contributed by atoms with Crippen LogP contribution in [0.2, 0.25) is 0 Å². The van der Waals surface area contributed by atoms with Crippen LogP contribution in [0.5, 0.6) is 5.75 Å². The molecule has 4 amide bonds. The highest BCUT2D eigenvalue weighted by Crippen LogP contribution is 2.23. The Balaban J connectivity index is 1.31. The number of piperazine rings is 1. The molecule has 1 heterocycles. The fourth-order valence-corrected chi connectivity index (χ4v) is 7.38. The maximum Gasteiger partial charge on any atom is 0.511 e. The summed E-state index contributed by atoms with van der Waals surface area (Å²) < 4.78 is 21.1. The number of carbonyl (C=O) groups excluding carboxylic acids is 6. The Hall–Kier alpha value is -7.38. The van der Waals surface area contributed by atoms with Gasteiger partial charge < -0.3 is 61.5 Å². The van der Waals surface area contributed by atoms with Gasteiger partial charge in [0.2, 0.25) is 18.1 Å². The summed E-state index contributed by atoms with van der Waals surface area (Å²) in [5.74, 6) is -2.89. The van der Waals surface area contributed by atoms with E-state index in [9.17, 15) is 28.8 Å². The fourth-order valence-electron chi connectivity index (χ4n) is 7.38. The Morgan fingerprint density at radius 3 is 1.97 bits per heavy atom. The summed E-state index contributed by atoms with van der Waals surface area (Å²) in [6.07, 6.45) is 2.23. The van der Waals surface area contributed by atoms with Gasteiger partial charge in [-0.3, -0.25) is 34.8 Å². The van der Waals surface area contributed by atoms with E-state index in [4.69, 9.17) is 41.2 Å². The van der Waals surface area contributed by atoms with Gasteiger partial charge in [0, 0.05) is 55.5 Å². The van der Waals surface area contributed by atoms with Gasteiger partial charge in [-0.25, -0.2) is 4.79 Å². The summed E-state index contributed by atoms with van der Waals surface area (Å²) in [6.45, 7) is 0.895. The number of anilines is 2. The zero-order valence-corrected chi connectivity index (χ0v) is 35.9. The summed E-state index contributed by atoms with van der Waals surface area (Å²) in [5, 5.41) is 25.8. The van der Waals surface area contributed by atoms with Gasteiger partial charge in [-0.15, -0.1) is 0 Å². The lowest BCUT2D eigenvalue weighted by Gasteiger charge is -2.41. The first kappa shape index (κ1) is 47.7. The second-order valence-corrected chi connectivity index (χ2v) is 15.3. The molecule has 2 fully saturated rings. The number of guanidine groups is 2.